The van der Waals surface area contributed by atoms with Crippen molar-refractivity contribution in [3.63, 3.8) is 0 Å². The molecule has 6 heteroatoms. The van der Waals surface area contributed by atoms with E-state index in [9.17, 15) is 13.2 Å². The Labute approximate surface area is 175 Å². The van der Waals surface area contributed by atoms with Gasteiger partial charge in [-0.25, -0.2) is 23.3 Å². The average Bonchev–Trinajstić information content (AvgIpc) is 3.24. The van der Waals surface area contributed by atoms with Crippen molar-refractivity contribution in [2.45, 2.75) is 26.7 Å². The fourth-order valence-corrected chi connectivity index (χ4v) is 1.37. The molecule has 0 fully saturated rings. The topological polar surface area (TPSA) is 23.8 Å². The number of nitrogens with zero attached hydrogens (tertiary/aromatic N) is 1. The van der Waals surface area contributed by atoms with Gasteiger partial charge < -0.3 is 13.2 Å². The van der Waals surface area contributed by atoms with Gasteiger partial charge in [0.05, 0.1) is 0 Å². The number of benzene rings is 1. The Hall–Kier alpha value is -1.48. The first-order valence-electron chi connectivity index (χ1n) is 7.19. The molecule has 26 heavy (non-hydrogen) atoms. The minimum Gasteiger partial charge on any atom is -0.385 e. The van der Waals surface area contributed by atoms with Crippen molar-refractivity contribution in [3.05, 3.63) is 90.7 Å². The number of allylic oxidation sites excluding steroid dienone is 8. The van der Waals surface area contributed by atoms with Crippen LogP contribution >= 0.6 is 12.6 Å². The molecule has 0 bridgehead atoms. The van der Waals surface area contributed by atoms with Crippen molar-refractivity contribution >= 4 is 12.6 Å². The molecule has 0 aliphatic heterocycles. The first kappa shape index (κ1) is 29.3. The number of hydrogen-bond donors (Lipinski definition) is 1. The summed E-state index contributed by atoms with van der Waals surface area (Å²) in [5.41, 5.74) is 2.55. The summed E-state index contributed by atoms with van der Waals surface area (Å²) < 4.78 is 28.8. The summed E-state index contributed by atoms with van der Waals surface area (Å²) in [4.78, 5) is 0. The second-order valence-corrected chi connectivity index (χ2v) is 4.52. The monoisotopic (exact) mass is 411 g/mol. The molecule has 0 spiro atoms. The molecule has 136 valence electrons. The molecule has 0 saturated heterocycles. The molecule has 1 aromatic rings. The first-order chi connectivity index (χ1) is 11.9. The van der Waals surface area contributed by atoms with Crippen LogP contribution in [0.25, 0.3) is 0 Å². The Morgan fingerprint density at radius 3 is 1.38 bits per heavy atom. The SMILES string of the molecule is CC1=[C-]CC=C1.CC1=[C-]CC=C1.F[C-](F)F.N#CS.[Ti+4].[c-]1ccccc1. The normalized spacial score (nSPS) is 12.1. The molecule has 0 amide bonds. The Morgan fingerprint density at radius 2 is 1.31 bits per heavy atom. The van der Waals surface area contributed by atoms with Crippen LogP contribution in [0.4, 0.5) is 13.2 Å². The van der Waals surface area contributed by atoms with Gasteiger partial charge in [0.25, 0.3) is 0 Å². The van der Waals surface area contributed by atoms with E-state index in [-0.39, 0.29) is 21.7 Å². The molecular weight excluding hydrogens is 391 g/mol. The van der Waals surface area contributed by atoms with E-state index in [2.05, 4.69) is 69.0 Å². The van der Waals surface area contributed by atoms with E-state index in [0.29, 0.717) is 0 Å². The Kier molecular flexibility index (Phi) is 26.5. The molecule has 0 heterocycles. The minimum atomic E-state index is -3.08. The summed E-state index contributed by atoms with van der Waals surface area (Å²) in [6.07, 6.45) is 16.7. The minimum absolute atomic E-state index is 0. The molecule has 0 radical (unpaired) electrons. The standard InChI is InChI=1S/2C6H7.C6H5.CF3.CHNS.Ti/c2*1-6-4-2-3-5-6;1-2-4-6-5-3-1;2-1(3)4;2-1-3;/h2*2,4H,3H2,1H3;1-5H;;3H;/q4*-1;;+4. The molecule has 1 aromatic carbocycles. The van der Waals surface area contributed by atoms with Crippen molar-refractivity contribution in [1.82, 2.24) is 0 Å². The molecule has 3 rings (SSSR count). The number of hydrogen-bond acceptors (Lipinski definition) is 2. The Morgan fingerprint density at radius 1 is 0.962 bits per heavy atom. The average molecular weight is 411 g/mol. The van der Waals surface area contributed by atoms with Crippen molar-refractivity contribution in [2.24, 2.45) is 0 Å². The van der Waals surface area contributed by atoms with Crippen LogP contribution in [0, 0.1) is 35.6 Å². The van der Waals surface area contributed by atoms with Crippen LogP contribution in [0.1, 0.15) is 26.7 Å². The fraction of sp³-hybridized carbons (Fsp3) is 0.200. The van der Waals surface area contributed by atoms with Crippen molar-refractivity contribution in [3.8, 4) is 5.40 Å². The fourth-order valence-electron chi connectivity index (χ4n) is 1.37. The van der Waals surface area contributed by atoms with Crippen LogP contribution in [-0.4, -0.2) is 0 Å². The second-order valence-electron chi connectivity index (χ2n) is 4.32. The third-order valence-electron chi connectivity index (χ3n) is 2.34. The number of halogens is 3. The molecule has 2 aliphatic rings. The predicted octanol–water partition coefficient (Wildman–Crippen LogP) is 6.62. The van der Waals surface area contributed by atoms with E-state index < -0.39 is 6.68 Å². The van der Waals surface area contributed by atoms with Gasteiger partial charge in [-0.3, -0.25) is 12.2 Å². The zero-order chi connectivity index (χ0) is 19.3. The number of thiocyanates is 1. The van der Waals surface area contributed by atoms with Gasteiger partial charge in [-0.15, -0.1) is 12.8 Å². The van der Waals surface area contributed by atoms with Gasteiger partial charge in [0.2, 0.25) is 0 Å². The van der Waals surface area contributed by atoms with Crippen molar-refractivity contribution in [2.75, 3.05) is 0 Å². The third kappa shape index (κ3) is 30.4. The molecule has 0 atom stereocenters. The van der Waals surface area contributed by atoms with Crippen molar-refractivity contribution in [1.29, 1.82) is 5.26 Å². The molecular formula is C20H20F3NSTi. The van der Waals surface area contributed by atoms with E-state index in [1.807, 2.05) is 30.3 Å². The number of rotatable bonds is 0. The van der Waals surface area contributed by atoms with Crippen LogP contribution in [-0.2, 0) is 21.7 Å². The molecule has 0 aromatic heterocycles. The molecule has 2 aliphatic carbocycles. The van der Waals surface area contributed by atoms with Gasteiger partial charge in [0.15, 0.2) is 6.68 Å². The van der Waals surface area contributed by atoms with Crippen LogP contribution in [0.5, 0.6) is 0 Å². The molecule has 0 unspecified atom stereocenters. The Bertz CT molecular complexity index is 513. The maximum absolute atomic E-state index is 9.58. The second kappa shape index (κ2) is 23.5. The van der Waals surface area contributed by atoms with E-state index in [1.54, 1.807) is 0 Å². The largest absolute Gasteiger partial charge is 4.00 e. The summed E-state index contributed by atoms with van der Waals surface area (Å²) in [7, 11) is 0. The zero-order valence-corrected chi connectivity index (χ0v) is 17.1. The van der Waals surface area contributed by atoms with Crippen LogP contribution in [0.15, 0.2) is 65.8 Å². The van der Waals surface area contributed by atoms with Crippen LogP contribution in [0.3, 0.4) is 0 Å². The van der Waals surface area contributed by atoms with Gasteiger partial charge >= 0.3 is 21.7 Å². The van der Waals surface area contributed by atoms with Crippen LogP contribution in [0.2, 0.25) is 0 Å². The van der Waals surface area contributed by atoms with Gasteiger partial charge in [0, 0.05) is 0 Å². The maximum Gasteiger partial charge on any atom is 4.00 e. The van der Waals surface area contributed by atoms with E-state index >= 15 is 0 Å². The van der Waals surface area contributed by atoms with Crippen LogP contribution < -0.4 is 0 Å². The maximum atomic E-state index is 9.58. The summed E-state index contributed by atoms with van der Waals surface area (Å²) in [5, 5.41) is 8.63. The molecule has 0 saturated carbocycles. The summed E-state index contributed by atoms with van der Waals surface area (Å²) >= 11 is 3.09. The molecule has 0 N–H and O–H groups in total. The quantitative estimate of drug-likeness (QED) is 0.221. The van der Waals surface area contributed by atoms with Gasteiger partial charge in [-0.2, -0.15) is 53.8 Å². The summed E-state index contributed by atoms with van der Waals surface area (Å²) in [6, 6.07) is 12.5. The number of nitriles is 1. The van der Waals surface area contributed by atoms with E-state index in [1.165, 1.54) is 16.5 Å². The van der Waals surface area contributed by atoms with E-state index in [4.69, 9.17) is 5.26 Å². The predicted molar refractivity (Wildman–Crippen MR) is 98.8 cm³/mol. The van der Waals surface area contributed by atoms with Gasteiger partial charge in [0.1, 0.15) is 5.40 Å². The van der Waals surface area contributed by atoms with Gasteiger partial charge in [-0.1, -0.05) is 26.5 Å². The zero-order valence-electron chi connectivity index (χ0n) is 14.6. The van der Waals surface area contributed by atoms with Crippen molar-refractivity contribution < 1.29 is 34.9 Å². The first-order valence-corrected chi connectivity index (χ1v) is 7.64. The summed E-state index contributed by atoms with van der Waals surface area (Å²) in [5.74, 6) is 0. The summed E-state index contributed by atoms with van der Waals surface area (Å²) in [6.45, 7) is 1.03. The Balaban J connectivity index is -0.000000258. The third-order valence-corrected chi connectivity index (χ3v) is 2.34. The van der Waals surface area contributed by atoms with Gasteiger partial charge in [-0.05, 0) is 0 Å². The number of thiol groups is 1. The van der Waals surface area contributed by atoms with E-state index in [0.717, 1.165) is 12.8 Å². The smallest absolute Gasteiger partial charge is 0.385 e. The molecule has 1 nitrogen and oxygen atoms in total.